The summed E-state index contributed by atoms with van der Waals surface area (Å²) in [5, 5.41) is 13.2. The Labute approximate surface area is 211 Å². The van der Waals surface area contributed by atoms with Gasteiger partial charge in [-0.3, -0.25) is 4.79 Å². The molecular formula is C28H32N4O2S. The summed E-state index contributed by atoms with van der Waals surface area (Å²) in [5.74, 6) is 1.06. The highest BCUT2D eigenvalue weighted by Crippen LogP contribution is 2.38. The van der Waals surface area contributed by atoms with Crippen molar-refractivity contribution in [1.82, 2.24) is 9.88 Å². The second-order valence-corrected chi connectivity index (χ2v) is 11.5. The maximum absolute atomic E-state index is 13.5. The molecule has 0 saturated carbocycles. The number of fused-ring (bicyclic) bond motifs is 2. The summed E-state index contributed by atoms with van der Waals surface area (Å²) in [6.07, 6.45) is 0.694. The van der Waals surface area contributed by atoms with E-state index in [2.05, 4.69) is 51.7 Å². The lowest BCUT2D eigenvalue weighted by molar-refractivity contribution is -0.0408. The summed E-state index contributed by atoms with van der Waals surface area (Å²) in [6.45, 7) is 12.9. The molecule has 0 bridgehead atoms. The Hall–Kier alpha value is -2.95. The maximum atomic E-state index is 13.5. The van der Waals surface area contributed by atoms with Gasteiger partial charge in [-0.2, -0.15) is 5.26 Å². The lowest BCUT2D eigenvalue weighted by atomic mass is 9.86. The smallest absolute Gasteiger partial charge is 0.255 e. The van der Waals surface area contributed by atoms with Crippen molar-refractivity contribution >= 4 is 33.1 Å². The summed E-state index contributed by atoms with van der Waals surface area (Å²) in [4.78, 5) is 22.7. The third-order valence-corrected chi connectivity index (χ3v) is 8.16. The van der Waals surface area contributed by atoms with E-state index in [0.29, 0.717) is 38.2 Å². The lowest BCUT2D eigenvalue weighted by Gasteiger charge is -2.42. The van der Waals surface area contributed by atoms with Crippen molar-refractivity contribution in [1.29, 1.82) is 5.26 Å². The van der Waals surface area contributed by atoms with E-state index in [0.717, 1.165) is 38.3 Å². The Morgan fingerprint density at radius 1 is 1.26 bits per heavy atom. The van der Waals surface area contributed by atoms with Crippen LogP contribution in [0.2, 0.25) is 0 Å². The van der Waals surface area contributed by atoms with Crippen molar-refractivity contribution in [3.8, 4) is 6.07 Å². The summed E-state index contributed by atoms with van der Waals surface area (Å²) in [6, 6.07) is 10.5. The minimum Gasteiger partial charge on any atom is -0.370 e. The van der Waals surface area contributed by atoms with E-state index in [1.165, 1.54) is 0 Å². The van der Waals surface area contributed by atoms with Gasteiger partial charge >= 0.3 is 0 Å². The zero-order valence-corrected chi connectivity index (χ0v) is 21.9. The summed E-state index contributed by atoms with van der Waals surface area (Å²) < 4.78 is 7.22. The molecule has 2 aliphatic rings. The van der Waals surface area contributed by atoms with Gasteiger partial charge in [0.2, 0.25) is 0 Å². The highest BCUT2D eigenvalue weighted by atomic mass is 32.1. The van der Waals surface area contributed by atoms with Crippen LogP contribution < -0.4 is 4.90 Å². The monoisotopic (exact) mass is 488 g/mol. The van der Waals surface area contributed by atoms with Gasteiger partial charge in [-0.05, 0) is 38.3 Å². The molecule has 2 aliphatic heterocycles. The molecule has 1 amide bonds. The number of amides is 1. The van der Waals surface area contributed by atoms with Gasteiger partial charge in [0.05, 0.1) is 29.0 Å². The van der Waals surface area contributed by atoms with Crippen molar-refractivity contribution in [2.24, 2.45) is 0 Å². The number of carbonyl (C=O) groups excluding carboxylic acids is 1. The van der Waals surface area contributed by atoms with Gasteiger partial charge in [0.25, 0.3) is 5.91 Å². The molecule has 1 aromatic carbocycles. The van der Waals surface area contributed by atoms with Crippen molar-refractivity contribution in [2.45, 2.75) is 65.2 Å². The van der Waals surface area contributed by atoms with Gasteiger partial charge in [0.15, 0.2) is 0 Å². The molecule has 35 heavy (non-hydrogen) atoms. The maximum Gasteiger partial charge on any atom is 0.255 e. The molecule has 0 spiro atoms. The molecule has 0 N–H and O–H groups in total. The number of hydrogen-bond donors (Lipinski definition) is 0. The second kappa shape index (κ2) is 8.92. The van der Waals surface area contributed by atoms with Gasteiger partial charge in [0.1, 0.15) is 11.9 Å². The van der Waals surface area contributed by atoms with Crippen LogP contribution in [0.1, 0.15) is 73.3 Å². The summed E-state index contributed by atoms with van der Waals surface area (Å²) in [7, 11) is 0. The fraction of sp³-hybridized carbons (Fsp3) is 0.464. The lowest BCUT2D eigenvalue weighted by Crippen LogP contribution is -2.54. The van der Waals surface area contributed by atoms with Crippen LogP contribution in [-0.4, -0.2) is 47.1 Å². The van der Waals surface area contributed by atoms with Crippen molar-refractivity contribution < 1.29 is 9.53 Å². The molecule has 1 atom stereocenters. The Morgan fingerprint density at radius 3 is 2.74 bits per heavy atom. The summed E-state index contributed by atoms with van der Waals surface area (Å²) >= 11 is 1.61. The van der Waals surface area contributed by atoms with E-state index >= 15 is 0 Å². The van der Waals surface area contributed by atoms with Crippen LogP contribution >= 0.6 is 11.3 Å². The molecule has 7 heteroatoms. The number of nitriles is 1. The molecule has 0 radical (unpaired) electrons. The van der Waals surface area contributed by atoms with Gasteiger partial charge in [-0.1, -0.05) is 32.0 Å². The zero-order chi connectivity index (χ0) is 24.9. The van der Waals surface area contributed by atoms with Crippen LogP contribution in [-0.2, 0) is 17.8 Å². The van der Waals surface area contributed by atoms with E-state index in [-0.39, 0.29) is 23.5 Å². The zero-order valence-electron chi connectivity index (χ0n) is 21.1. The Bertz CT molecular complexity index is 1340. The Balaban J connectivity index is 1.46. The quantitative estimate of drug-likeness (QED) is 0.487. The van der Waals surface area contributed by atoms with Crippen molar-refractivity contribution in [2.75, 3.05) is 24.5 Å². The molecule has 1 fully saturated rings. The topological polar surface area (TPSA) is 69.5 Å². The number of hydrogen-bond acceptors (Lipinski definition) is 6. The highest BCUT2D eigenvalue weighted by Gasteiger charge is 2.36. The number of ether oxygens (including phenoxy) is 1. The highest BCUT2D eigenvalue weighted by molar-refractivity contribution is 7.17. The Morgan fingerprint density at radius 2 is 2.03 bits per heavy atom. The number of rotatable bonds is 3. The Kier molecular flexibility index (Phi) is 6.06. The van der Waals surface area contributed by atoms with E-state index in [1.54, 1.807) is 11.3 Å². The first-order valence-electron chi connectivity index (χ1n) is 12.3. The molecule has 1 saturated heterocycles. The predicted octanol–water partition coefficient (Wildman–Crippen LogP) is 5.49. The molecule has 1 unspecified atom stereocenters. The number of thiophene rings is 1. The standard InChI is InChI=1S/C28H32N4O2S/c1-17(2)25-22-15-34-28(4,5)12-20(22)21(13-29)26(30-25)31-10-11-32(18(3)14-31)27(33)23-16-35-24-9-7-6-8-19(23)24/h6-9,16-18H,10-12,14-15H2,1-5H3. The minimum absolute atomic E-state index is 0.00145. The van der Waals surface area contributed by atoms with Gasteiger partial charge < -0.3 is 14.5 Å². The average Bonchev–Trinajstić information content (AvgIpc) is 3.26. The van der Waals surface area contributed by atoms with Gasteiger partial charge in [0, 0.05) is 53.1 Å². The third kappa shape index (κ3) is 4.19. The predicted molar refractivity (Wildman–Crippen MR) is 140 cm³/mol. The van der Waals surface area contributed by atoms with E-state index in [1.807, 2.05) is 28.5 Å². The van der Waals surface area contributed by atoms with Crippen LogP contribution in [0.5, 0.6) is 0 Å². The van der Waals surface area contributed by atoms with E-state index in [9.17, 15) is 10.1 Å². The van der Waals surface area contributed by atoms with Crippen LogP contribution in [0.15, 0.2) is 29.6 Å². The molecule has 5 rings (SSSR count). The number of aromatic nitrogens is 1. The van der Waals surface area contributed by atoms with Gasteiger partial charge in [-0.25, -0.2) is 4.98 Å². The molecular weight excluding hydrogens is 456 g/mol. The molecule has 182 valence electrons. The third-order valence-electron chi connectivity index (χ3n) is 7.19. The largest absolute Gasteiger partial charge is 0.370 e. The second-order valence-electron chi connectivity index (χ2n) is 10.6. The molecule has 4 heterocycles. The fourth-order valence-electron chi connectivity index (χ4n) is 5.35. The molecule has 6 nitrogen and oxygen atoms in total. The molecule has 3 aromatic rings. The SMILES string of the molecule is CC(C)c1nc(N2CCN(C(=O)c3csc4ccccc34)C(C)C2)c(C#N)c2c1COC(C)(C)C2. The normalized spacial score (nSPS) is 19.6. The van der Waals surface area contributed by atoms with Crippen LogP contribution in [0.25, 0.3) is 10.1 Å². The molecule has 2 aromatic heterocycles. The van der Waals surface area contributed by atoms with Gasteiger partial charge in [-0.15, -0.1) is 11.3 Å². The number of carbonyl (C=O) groups is 1. The van der Waals surface area contributed by atoms with Crippen LogP contribution in [0.3, 0.4) is 0 Å². The number of benzene rings is 1. The summed E-state index contributed by atoms with van der Waals surface area (Å²) in [5.41, 5.74) is 4.30. The number of piperazine rings is 1. The minimum atomic E-state index is -0.312. The number of nitrogens with zero attached hydrogens (tertiary/aromatic N) is 4. The first-order chi connectivity index (χ1) is 16.7. The van der Waals surface area contributed by atoms with Crippen LogP contribution in [0.4, 0.5) is 5.82 Å². The van der Waals surface area contributed by atoms with Crippen molar-refractivity contribution in [3.63, 3.8) is 0 Å². The van der Waals surface area contributed by atoms with E-state index < -0.39 is 0 Å². The first kappa shape index (κ1) is 23.8. The van der Waals surface area contributed by atoms with E-state index in [4.69, 9.17) is 9.72 Å². The van der Waals surface area contributed by atoms with Crippen molar-refractivity contribution in [3.05, 3.63) is 57.6 Å². The van der Waals surface area contributed by atoms with Crippen LogP contribution in [0, 0.1) is 11.3 Å². The molecule has 0 aliphatic carbocycles. The number of pyridine rings is 1. The average molecular weight is 489 g/mol. The first-order valence-corrected chi connectivity index (χ1v) is 13.2. The number of anilines is 1. The fourth-order valence-corrected chi connectivity index (χ4v) is 6.29.